The summed E-state index contributed by atoms with van der Waals surface area (Å²) in [7, 11) is 0. The largest absolute Gasteiger partial charge is 0.387 e. The number of benzene rings is 1. The van der Waals surface area contributed by atoms with E-state index in [4.69, 9.17) is 0 Å². The lowest BCUT2D eigenvalue weighted by Crippen LogP contribution is -2.36. The predicted octanol–water partition coefficient (Wildman–Crippen LogP) is 4.07. The normalized spacial score (nSPS) is 32.2. The van der Waals surface area contributed by atoms with Crippen LogP contribution in [0.25, 0.3) is 0 Å². The maximum Gasteiger partial charge on any atom is 0.126 e. The number of aliphatic hydroxyl groups is 1. The van der Waals surface area contributed by atoms with Gasteiger partial charge in [-0.15, -0.1) is 0 Å². The molecule has 1 saturated heterocycles. The van der Waals surface area contributed by atoms with Gasteiger partial charge in [-0.1, -0.05) is 32.9 Å². The molecule has 122 valence electrons. The van der Waals surface area contributed by atoms with E-state index >= 15 is 0 Å². The first-order valence-electron chi connectivity index (χ1n) is 8.36. The molecule has 0 amide bonds. The van der Waals surface area contributed by atoms with Crippen LogP contribution in [0.3, 0.4) is 0 Å². The number of hydrogen-bond acceptors (Lipinski definition) is 2. The zero-order chi connectivity index (χ0) is 16.1. The summed E-state index contributed by atoms with van der Waals surface area (Å²) >= 11 is 0. The van der Waals surface area contributed by atoms with Crippen molar-refractivity contribution < 1.29 is 9.50 Å². The van der Waals surface area contributed by atoms with E-state index in [0.717, 1.165) is 12.1 Å². The molecule has 2 aliphatic rings. The fourth-order valence-electron chi connectivity index (χ4n) is 4.99. The molecule has 3 atom stereocenters. The second-order valence-electron chi connectivity index (χ2n) is 8.67. The van der Waals surface area contributed by atoms with Gasteiger partial charge in [0.2, 0.25) is 0 Å². The molecule has 1 aliphatic carbocycles. The second kappa shape index (κ2) is 5.31. The summed E-state index contributed by atoms with van der Waals surface area (Å²) in [5.41, 5.74) is 2.20. The zero-order valence-electron chi connectivity index (χ0n) is 14.2. The Balaban J connectivity index is 1.72. The summed E-state index contributed by atoms with van der Waals surface area (Å²) in [5, 5.41) is 10.6. The van der Waals surface area contributed by atoms with Crippen LogP contribution in [-0.4, -0.2) is 29.1 Å². The lowest BCUT2D eigenvalue weighted by Gasteiger charge is -2.40. The molecule has 2 bridgehead atoms. The van der Waals surface area contributed by atoms with Crippen molar-refractivity contribution in [1.29, 1.82) is 0 Å². The first kappa shape index (κ1) is 15.9. The van der Waals surface area contributed by atoms with Crippen molar-refractivity contribution in [2.75, 3.05) is 13.1 Å². The minimum atomic E-state index is -0.537. The monoisotopic (exact) mass is 305 g/mol. The van der Waals surface area contributed by atoms with Gasteiger partial charge in [0.1, 0.15) is 5.82 Å². The summed E-state index contributed by atoms with van der Waals surface area (Å²) in [5.74, 6) is -0.206. The van der Waals surface area contributed by atoms with Crippen LogP contribution >= 0.6 is 0 Å². The Morgan fingerprint density at radius 2 is 2.05 bits per heavy atom. The van der Waals surface area contributed by atoms with Crippen LogP contribution in [0.2, 0.25) is 0 Å². The molecule has 0 spiro atoms. The first-order chi connectivity index (χ1) is 10.2. The number of halogens is 1. The van der Waals surface area contributed by atoms with Crippen LogP contribution in [0, 0.1) is 23.6 Å². The van der Waals surface area contributed by atoms with Gasteiger partial charge in [0, 0.05) is 19.1 Å². The van der Waals surface area contributed by atoms with E-state index < -0.39 is 6.10 Å². The third-order valence-electron chi connectivity index (χ3n) is 5.50. The van der Waals surface area contributed by atoms with Gasteiger partial charge in [-0.3, -0.25) is 4.90 Å². The molecule has 2 nitrogen and oxygen atoms in total. The van der Waals surface area contributed by atoms with Crippen molar-refractivity contribution in [3.63, 3.8) is 0 Å². The fourth-order valence-corrected chi connectivity index (χ4v) is 4.99. The molecule has 1 aromatic carbocycles. The van der Waals surface area contributed by atoms with Crippen molar-refractivity contribution in [3.8, 4) is 0 Å². The number of aryl methyl sites for hydroxylation is 1. The maximum atomic E-state index is 13.4. The number of rotatable bonds is 3. The molecule has 0 aromatic heterocycles. The van der Waals surface area contributed by atoms with Gasteiger partial charge in [0.05, 0.1) is 6.10 Å². The zero-order valence-corrected chi connectivity index (χ0v) is 14.2. The Hall–Kier alpha value is -0.930. The highest BCUT2D eigenvalue weighted by Crippen LogP contribution is 2.52. The lowest BCUT2D eigenvalue weighted by molar-refractivity contribution is 0.0920. The van der Waals surface area contributed by atoms with Crippen molar-refractivity contribution >= 4 is 0 Å². The fraction of sp³-hybridized carbons (Fsp3) is 0.684. The molecule has 2 fully saturated rings. The quantitative estimate of drug-likeness (QED) is 0.910. The highest BCUT2D eigenvalue weighted by molar-refractivity contribution is 5.26. The van der Waals surface area contributed by atoms with Crippen molar-refractivity contribution in [3.05, 3.63) is 35.1 Å². The number of hydrogen-bond donors (Lipinski definition) is 1. The Bertz CT molecular complexity index is 571. The minimum absolute atomic E-state index is 0.206. The highest BCUT2D eigenvalue weighted by atomic mass is 19.1. The van der Waals surface area contributed by atoms with Crippen LogP contribution < -0.4 is 0 Å². The Morgan fingerprint density at radius 3 is 2.73 bits per heavy atom. The number of nitrogens with zero attached hydrogens (tertiary/aromatic N) is 1. The number of β-amino-alcohol motifs (C(OH)–C–C–N with tert-alkyl or cyclic N) is 1. The molecule has 3 heteroatoms. The number of likely N-dealkylation sites (tertiary alicyclic amines) is 1. The average Bonchev–Trinajstić information content (AvgIpc) is 2.61. The van der Waals surface area contributed by atoms with Gasteiger partial charge >= 0.3 is 0 Å². The molecule has 1 N–H and O–H groups in total. The topological polar surface area (TPSA) is 23.5 Å². The molecule has 3 rings (SSSR count). The molecular formula is C19H28FNO. The van der Waals surface area contributed by atoms with Crippen LogP contribution in [0.15, 0.2) is 18.2 Å². The van der Waals surface area contributed by atoms with Crippen LogP contribution in [0.4, 0.5) is 4.39 Å². The molecule has 3 unspecified atom stereocenters. The smallest absolute Gasteiger partial charge is 0.126 e. The van der Waals surface area contributed by atoms with Gasteiger partial charge in [-0.05, 0) is 54.2 Å². The summed E-state index contributed by atoms with van der Waals surface area (Å²) < 4.78 is 13.4. The van der Waals surface area contributed by atoms with Gasteiger partial charge < -0.3 is 5.11 Å². The van der Waals surface area contributed by atoms with Crippen LogP contribution in [-0.2, 0) is 0 Å². The van der Waals surface area contributed by atoms with E-state index in [2.05, 4.69) is 25.7 Å². The van der Waals surface area contributed by atoms with Gasteiger partial charge in [-0.25, -0.2) is 4.39 Å². The second-order valence-corrected chi connectivity index (χ2v) is 8.67. The highest BCUT2D eigenvalue weighted by Gasteiger charge is 2.49. The van der Waals surface area contributed by atoms with Gasteiger partial charge in [0.15, 0.2) is 0 Å². The van der Waals surface area contributed by atoms with Crippen LogP contribution in [0.5, 0.6) is 0 Å². The summed E-state index contributed by atoms with van der Waals surface area (Å²) in [6, 6.07) is 5.51. The van der Waals surface area contributed by atoms with E-state index in [1.54, 1.807) is 19.1 Å². The summed E-state index contributed by atoms with van der Waals surface area (Å²) in [6.45, 7) is 10.6. The Labute approximate surface area is 133 Å². The summed E-state index contributed by atoms with van der Waals surface area (Å²) in [4.78, 5) is 2.46. The standard InChI is InChI=1S/C19H28FNO/c1-13-7-14(5-6-16(13)20)17(22)10-21-12-19(4)9-15(21)8-18(2,3)11-19/h5-7,15,17,22H,8-12H2,1-4H3. The average molecular weight is 305 g/mol. The molecule has 1 aromatic rings. The first-order valence-corrected chi connectivity index (χ1v) is 8.36. The molecule has 1 heterocycles. The minimum Gasteiger partial charge on any atom is -0.387 e. The predicted molar refractivity (Wildman–Crippen MR) is 87.2 cm³/mol. The molecule has 1 aliphatic heterocycles. The van der Waals surface area contributed by atoms with Crippen LogP contribution in [0.1, 0.15) is 57.3 Å². The lowest BCUT2D eigenvalue weighted by atomic mass is 9.65. The third-order valence-corrected chi connectivity index (χ3v) is 5.50. The Morgan fingerprint density at radius 1 is 1.32 bits per heavy atom. The molecule has 0 radical (unpaired) electrons. The Kier molecular flexibility index (Phi) is 3.85. The van der Waals surface area contributed by atoms with E-state index in [9.17, 15) is 9.50 Å². The van der Waals surface area contributed by atoms with E-state index in [0.29, 0.717) is 29.0 Å². The van der Waals surface area contributed by atoms with Crippen molar-refractivity contribution in [2.24, 2.45) is 10.8 Å². The molecular weight excluding hydrogens is 277 g/mol. The van der Waals surface area contributed by atoms with Crippen molar-refractivity contribution in [2.45, 2.75) is 59.1 Å². The summed E-state index contributed by atoms with van der Waals surface area (Å²) in [6.07, 6.45) is 3.17. The van der Waals surface area contributed by atoms with E-state index in [-0.39, 0.29) is 5.82 Å². The van der Waals surface area contributed by atoms with Gasteiger partial charge in [-0.2, -0.15) is 0 Å². The molecule has 22 heavy (non-hydrogen) atoms. The van der Waals surface area contributed by atoms with Gasteiger partial charge in [0.25, 0.3) is 0 Å². The maximum absolute atomic E-state index is 13.4. The molecule has 1 saturated carbocycles. The van der Waals surface area contributed by atoms with E-state index in [1.165, 1.54) is 25.3 Å². The van der Waals surface area contributed by atoms with E-state index in [1.807, 2.05) is 0 Å². The number of aliphatic hydroxyl groups excluding tert-OH is 1. The SMILES string of the molecule is Cc1cc(C(O)CN2CC3(C)CC2CC(C)(C)C3)ccc1F. The third kappa shape index (κ3) is 3.07. The number of fused-ring (bicyclic) bond motifs is 2. The van der Waals surface area contributed by atoms with Crippen molar-refractivity contribution in [1.82, 2.24) is 4.90 Å².